The number of pyridine rings is 2. The lowest BCUT2D eigenvalue weighted by Crippen LogP contribution is -2.49. The Balaban J connectivity index is 0.00000162. The highest BCUT2D eigenvalue weighted by Gasteiger charge is 2.35. The molecule has 0 bridgehead atoms. The van der Waals surface area contributed by atoms with Gasteiger partial charge in [-0.05, 0) is 54.9 Å². The molecule has 2 aromatic rings. The van der Waals surface area contributed by atoms with E-state index in [1.165, 1.54) is 24.0 Å². The Hall–Kier alpha value is -2.38. The number of nitrogens with one attached hydrogen (secondary N) is 1. The fraction of sp³-hybridized carbons (Fsp3) is 0.520. The van der Waals surface area contributed by atoms with E-state index >= 15 is 0 Å². The molecule has 5 rings (SSSR count). The summed E-state index contributed by atoms with van der Waals surface area (Å²) in [6, 6.07) is 5.94. The molecule has 0 aromatic carbocycles. The van der Waals surface area contributed by atoms with E-state index in [9.17, 15) is 9.59 Å². The number of amides is 2. The number of carbonyl (C=O) groups is 2. The molecule has 2 saturated heterocycles. The van der Waals surface area contributed by atoms with Crippen molar-refractivity contribution in [3.63, 3.8) is 0 Å². The van der Waals surface area contributed by atoms with Crippen LogP contribution < -0.4 is 10.2 Å². The largest absolute Gasteiger partial charge is 0.355 e. The molecule has 2 aromatic heterocycles. The van der Waals surface area contributed by atoms with Gasteiger partial charge < -0.3 is 15.1 Å². The average Bonchev–Trinajstić information content (AvgIpc) is 3.61. The van der Waals surface area contributed by atoms with E-state index in [-0.39, 0.29) is 48.5 Å². The molecule has 1 N–H and O–H groups in total. The Morgan fingerprint density at radius 3 is 2.41 bits per heavy atom. The van der Waals surface area contributed by atoms with Gasteiger partial charge in [-0.25, -0.2) is 4.98 Å². The summed E-state index contributed by atoms with van der Waals surface area (Å²) in [4.78, 5) is 38.6. The molecule has 2 aliphatic heterocycles. The van der Waals surface area contributed by atoms with E-state index in [4.69, 9.17) is 4.98 Å². The summed E-state index contributed by atoms with van der Waals surface area (Å²) in [5.74, 6) is 1.83. The summed E-state index contributed by atoms with van der Waals surface area (Å²) in [6.07, 6.45) is 7.14. The minimum Gasteiger partial charge on any atom is -0.355 e. The van der Waals surface area contributed by atoms with Gasteiger partial charge in [0.1, 0.15) is 5.82 Å². The zero-order valence-corrected chi connectivity index (χ0v) is 21.3. The van der Waals surface area contributed by atoms with E-state index in [2.05, 4.69) is 35.1 Å². The first kappa shape index (κ1) is 26.2. The highest BCUT2D eigenvalue weighted by atomic mass is 35.5. The summed E-state index contributed by atoms with van der Waals surface area (Å²) in [5, 5.41) is 2.93. The molecule has 2 amide bonds. The quantitative estimate of drug-likeness (QED) is 0.669. The van der Waals surface area contributed by atoms with Crippen LogP contribution in [0.5, 0.6) is 0 Å². The number of hydrogen-bond donors (Lipinski definition) is 1. The summed E-state index contributed by atoms with van der Waals surface area (Å²) in [6.45, 7) is 7.79. The van der Waals surface area contributed by atoms with E-state index in [0.717, 1.165) is 31.0 Å². The molecule has 34 heavy (non-hydrogen) atoms. The third kappa shape index (κ3) is 5.15. The second-order valence-corrected chi connectivity index (χ2v) is 9.33. The predicted octanol–water partition coefficient (Wildman–Crippen LogP) is 3.71. The number of anilines is 1. The normalized spacial score (nSPS) is 22.0. The molecule has 2 atom stereocenters. The van der Waals surface area contributed by atoms with Crippen LogP contribution in [-0.4, -0.2) is 59.4 Å². The lowest BCUT2D eigenvalue weighted by molar-refractivity contribution is -0.120. The number of nitrogens with zero attached hydrogens (tertiary/aromatic N) is 4. The third-order valence-corrected chi connectivity index (χ3v) is 7.16. The van der Waals surface area contributed by atoms with Crippen LogP contribution in [0, 0.1) is 12.8 Å². The van der Waals surface area contributed by atoms with Gasteiger partial charge in [0.25, 0.3) is 5.91 Å². The van der Waals surface area contributed by atoms with Crippen molar-refractivity contribution in [2.75, 3.05) is 37.6 Å². The molecule has 7 nitrogen and oxygen atoms in total. The van der Waals surface area contributed by atoms with Gasteiger partial charge in [0.2, 0.25) is 5.91 Å². The monoisotopic (exact) mass is 505 g/mol. The maximum Gasteiger partial charge on any atom is 0.255 e. The molecule has 184 valence electrons. The van der Waals surface area contributed by atoms with Gasteiger partial charge in [-0.3, -0.25) is 14.6 Å². The molecule has 1 aliphatic carbocycles. The van der Waals surface area contributed by atoms with E-state index in [1.54, 1.807) is 6.20 Å². The summed E-state index contributed by atoms with van der Waals surface area (Å²) >= 11 is 0. The molecular formula is C25H33Cl2N5O2. The van der Waals surface area contributed by atoms with Crippen molar-refractivity contribution in [2.24, 2.45) is 5.92 Å². The van der Waals surface area contributed by atoms with Crippen molar-refractivity contribution in [2.45, 2.75) is 44.9 Å². The highest BCUT2D eigenvalue weighted by Crippen LogP contribution is 2.40. The second kappa shape index (κ2) is 10.9. The van der Waals surface area contributed by atoms with Crippen LogP contribution in [0.15, 0.2) is 30.6 Å². The van der Waals surface area contributed by atoms with Crippen LogP contribution in [0.3, 0.4) is 0 Å². The number of piperazine rings is 1. The smallest absolute Gasteiger partial charge is 0.255 e. The zero-order valence-electron chi connectivity index (χ0n) is 19.7. The van der Waals surface area contributed by atoms with Crippen molar-refractivity contribution >= 4 is 42.4 Å². The Morgan fingerprint density at radius 2 is 1.82 bits per heavy atom. The van der Waals surface area contributed by atoms with Gasteiger partial charge in [0, 0.05) is 45.1 Å². The maximum atomic E-state index is 13.0. The molecule has 0 radical (unpaired) electrons. The van der Waals surface area contributed by atoms with Crippen LogP contribution >= 0.6 is 24.8 Å². The Labute approximate surface area is 213 Å². The number of aryl methyl sites for hydroxylation is 1. The third-order valence-electron chi connectivity index (χ3n) is 7.16. The van der Waals surface area contributed by atoms with E-state index in [0.29, 0.717) is 31.1 Å². The van der Waals surface area contributed by atoms with Crippen molar-refractivity contribution in [3.8, 4) is 0 Å². The molecule has 3 aliphatic rings. The summed E-state index contributed by atoms with van der Waals surface area (Å²) in [5.41, 5.74) is 3.91. The van der Waals surface area contributed by atoms with Gasteiger partial charge >= 0.3 is 0 Å². The maximum absolute atomic E-state index is 13.0. The second-order valence-electron chi connectivity index (χ2n) is 9.33. The fourth-order valence-electron chi connectivity index (χ4n) is 5.01. The standard InChI is InChI=1S/C25H31N5O2.2ClH/c1-3-17-13-28-24(31)22(17)21-7-6-19(14-26-21)25(32)30-10-8-29(9-11-30)23-16(2)12-20(15-27-23)18-4-5-18;;/h6-7,12,14-15,17-18,22H,3-5,8-11,13H2,1-2H3,(H,28,31);2*1H/t17?,22-;;/m1../s1. The molecule has 3 fully saturated rings. The molecule has 1 saturated carbocycles. The number of rotatable bonds is 5. The summed E-state index contributed by atoms with van der Waals surface area (Å²) < 4.78 is 0. The number of halogens is 2. The van der Waals surface area contributed by atoms with Crippen LogP contribution in [0.2, 0.25) is 0 Å². The highest BCUT2D eigenvalue weighted by molar-refractivity contribution is 5.94. The molecule has 9 heteroatoms. The van der Waals surface area contributed by atoms with Gasteiger partial charge in [-0.2, -0.15) is 0 Å². The van der Waals surface area contributed by atoms with Crippen LogP contribution in [-0.2, 0) is 4.79 Å². The van der Waals surface area contributed by atoms with Crippen LogP contribution in [0.1, 0.15) is 65.2 Å². The lowest BCUT2D eigenvalue weighted by Gasteiger charge is -2.36. The minimum absolute atomic E-state index is 0. The molecule has 1 unspecified atom stereocenters. The summed E-state index contributed by atoms with van der Waals surface area (Å²) in [7, 11) is 0. The average molecular weight is 506 g/mol. The fourth-order valence-corrected chi connectivity index (χ4v) is 5.01. The predicted molar refractivity (Wildman–Crippen MR) is 137 cm³/mol. The Morgan fingerprint density at radius 1 is 1.09 bits per heavy atom. The van der Waals surface area contributed by atoms with Crippen molar-refractivity contribution in [1.82, 2.24) is 20.2 Å². The minimum atomic E-state index is -0.213. The first-order valence-corrected chi connectivity index (χ1v) is 11.8. The van der Waals surface area contributed by atoms with Gasteiger partial charge in [-0.1, -0.05) is 19.4 Å². The number of hydrogen-bond acceptors (Lipinski definition) is 5. The van der Waals surface area contributed by atoms with E-state index < -0.39 is 0 Å². The lowest BCUT2D eigenvalue weighted by atomic mass is 9.90. The first-order chi connectivity index (χ1) is 15.5. The molecular weight excluding hydrogens is 473 g/mol. The Bertz CT molecular complexity index is 1020. The molecule has 0 spiro atoms. The van der Waals surface area contributed by atoms with Crippen LogP contribution in [0.25, 0.3) is 0 Å². The Kier molecular flexibility index (Phi) is 8.42. The van der Waals surface area contributed by atoms with E-state index in [1.807, 2.05) is 23.2 Å². The van der Waals surface area contributed by atoms with Crippen LogP contribution in [0.4, 0.5) is 5.82 Å². The molecule has 4 heterocycles. The topological polar surface area (TPSA) is 78.4 Å². The number of aromatic nitrogens is 2. The van der Waals surface area contributed by atoms with Crippen molar-refractivity contribution < 1.29 is 9.59 Å². The van der Waals surface area contributed by atoms with Crippen molar-refractivity contribution in [1.29, 1.82) is 0 Å². The van der Waals surface area contributed by atoms with Crippen molar-refractivity contribution in [3.05, 3.63) is 53.0 Å². The SMILES string of the molecule is CCC1CNC(=O)[C@H]1c1ccc(C(=O)N2CCN(c3ncc(C4CC4)cc3C)CC2)cn1.Cl.Cl. The number of carbonyl (C=O) groups excluding carboxylic acids is 2. The first-order valence-electron chi connectivity index (χ1n) is 11.8. The zero-order chi connectivity index (χ0) is 22.2. The van der Waals surface area contributed by atoms with Gasteiger partial charge in [0.15, 0.2) is 0 Å². The van der Waals surface area contributed by atoms with Gasteiger partial charge in [0.05, 0.1) is 17.2 Å². The van der Waals surface area contributed by atoms with Gasteiger partial charge in [-0.15, -0.1) is 24.8 Å².